The Morgan fingerprint density at radius 2 is 1.84 bits per heavy atom. The summed E-state index contributed by atoms with van der Waals surface area (Å²) in [6.45, 7) is 7.77. The molecule has 0 unspecified atom stereocenters. The summed E-state index contributed by atoms with van der Waals surface area (Å²) in [6.07, 6.45) is 1.33. The molecule has 1 fully saturated rings. The molecule has 2 aromatic carbocycles. The normalized spacial score (nSPS) is 14.1. The molecular formula is C29H33N3O5S. The van der Waals surface area contributed by atoms with Crippen LogP contribution in [-0.2, 0) is 9.47 Å². The zero-order chi connectivity index (χ0) is 26.2. The monoisotopic (exact) mass is 535 g/mol. The van der Waals surface area contributed by atoms with Gasteiger partial charge in [-0.15, -0.1) is 11.3 Å². The number of carbonyl (C=O) groups is 1. The molecule has 0 N–H and O–H groups in total. The maximum atomic E-state index is 11.3. The number of piperazine rings is 1. The SMILES string of the molecule is CCOC(=O)OCOc1ccc2ccc(OCCCCN3CCN(c4cccc5sccc45)CC3)cc2n1. The highest BCUT2D eigenvalue weighted by Crippen LogP contribution is 2.31. The maximum absolute atomic E-state index is 11.3. The number of carbonyl (C=O) groups excluding carboxylic acids is 1. The third-order valence-electron chi connectivity index (χ3n) is 6.61. The van der Waals surface area contributed by atoms with E-state index < -0.39 is 6.16 Å². The smallest absolute Gasteiger partial charge is 0.494 e. The van der Waals surface area contributed by atoms with Crippen LogP contribution in [0.5, 0.6) is 11.6 Å². The van der Waals surface area contributed by atoms with Crippen molar-refractivity contribution in [1.82, 2.24) is 9.88 Å². The first kappa shape index (κ1) is 26.1. The average molecular weight is 536 g/mol. The summed E-state index contributed by atoms with van der Waals surface area (Å²) in [6, 6.07) is 18.3. The van der Waals surface area contributed by atoms with E-state index in [1.807, 2.05) is 35.6 Å². The average Bonchev–Trinajstić information content (AvgIpc) is 3.43. The van der Waals surface area contributed by atoms with Gasteiger partial charge in [0.1, 0.15) is 5.75 Å². The van der Waals surface area contributed by atoms with E-state index in [4.69, 9.17) is 18.9 Å². The molecule has 38 heavy (non-hydrogen) atoms. The zero-order valence-corrected chi connectivity index (χ0v) is 22.5. The van der Waals surface area contributed by atoms with Crippen LogP contribution < -0.4 is 14.4 Å². The zero-order valence-electron chi connectivity index (χ0n) is 21.6. The van der Waals surface area contributed by atoms with Crippen molar-refractivity contribution >= 4 is 44.2 Å². The first-order valence-corrected chi connectivity index (χ1v) is 14.0. The van der Waals surface area contributed by atoms with Gasteiger partial charge in [-0.1, -0.05) is 6.07 Å². The number of rotatable bonds is 11. The Bertz CT molecular complexity index is 1350. The van der Waals surface area contributed by atoms with Crippen LogP contribution in [0.25, 0.3) is 21.0 Å². The number of benzene rings is 2. The molecule has 8 nitrogen and oxygen atoms in total. The molecule has 0 atom stereocenters. The van der Waals surface area contributed by atoms with Gasteiger partial charge in [0.15, 0.2) is 0 Å². The Morgan fingerprint density at radius 1 is 0.974 bits per heavy atom. The largest absolute Gasteiger partial charge is 0.511 e. The van der Waals surface area contributed by atoms with Gasteiger partial charge in [0.25, 0.3) is 0 Å². The standard InChI is InChI=1S/C29H33N3O5S/c1-2-34-29(33)37-21-36-28-11-9-22-8-10-23(20-25(22)30-28)35-18-4-3-13-31-14-16-32(17-15-31)26-6-5-7-27-24(26)12-19-38-27/h5-12,19-20H,2-4,13-18,21H2,1H3. The Kier molecular flexibility index (Phi) is 8.78. The molecule has 2 aromatic heterocycles. The minimum Gasteiger partial charge on any atom is -0.494 e. The summed E-state index contributed by atoms with van der Waals surface area (Å²) in [4.78, 5) is 20.8. The number of anilines is 1. The number of fused-ring (bicyclic) bond motifs is 2. The van der Waals surface area contributed by atoms with Gasteiger partial charge in [-0.05, 0) is 68.1 Å². The predicted octanol–water partition coefficient (Wildman–Crippen LogP) is 5.94. The van der Waals surface area contributed by atoms with Crippen molar-refractivity contribution in [3.05, 3.63) is 60.0 Å². The highest BCUT2D eigenvalue weighted by molar-refractivity contribution is 7.17. The van der Waals surface area contributed by atoms with Crippen LogP contribution in [0.3, 0.4) is 0 Å². The van der Waals surface area contributed by atoms with Crippen LogP contribution >= 0.6 is 11.3 Å². The second-order valence-electron chi connectivity index (χ2n) is 9.09. The molecule has 1 aliphatic rings. The lowest BCUT2D eigenvalue weighted by Crippen LogP contribution is -2.46. The molecule has 0 spiro atoms. The van der Waals surface area contributed by atoms with Crippen LogP contribution in [0.1, 0.15) is 19.8 Å². The van der Waals surface area contributed by atoms with E-state index in [1.54, 1.807) is 13.0 Å². The summed E-state index contributed by atoms with van der Waals surface area (Å²) >= 11 is 1.81. The Balaban J connectivity index is 1.02. The van der Waals surface area contributed by atoms with Gasteiger partial charge in [-0.25, -0.2) is 9.78 Å². The molecule has 0 radical (unpaired) electrons. The summed E-state index contributed by atoms with van der Waals surface area (Å²) in [7, 11) is 0. The van der Waals surface area contributed by atoms with Gasteiger partial charge in [0.2, 0.25) is 12.7 Å². The fraction of sp³-hybridized carbons (Fsp3) is 0.379. The fourth-order valence-electron chi connectivity index (χ4n) is 4.64. The van der Waals surface area contributed by atoms with Gasteiger partial charge in [-0.3, -0.25) is 4.90 Å². The summed E-state index contributed by atoms with van der Waals surface area (Å²) in [5.74, 6) is 1.15. The molecule has 200 valence electrons. The minimum atomic E-state index is -0.766. The first-order chi connectivity index (χ1) is 18.7. The molecule has 3 heterocycles. The van der Waals surface area contributed by atoms with E-state index in [0.717, 1.165) is 62.2 Å². The quantitative estimate of drug-likeness (QED) is 0.133. The van der Waals surface area contributed by atoms with Crippen molar-refractivity contribution in [2.45, 2.75) is 19.8 Å². The predicted molar refractivity (Wildman–Crippen MR) is 151 cm³/mol. The Morgan fingerprint density at radius 3 is 2.71 bits per heavy atom. The third kappa shape index (κ3) is 6.65. The van der Waals surface area contributed by atoms with E-state index >= 15 is 0 Å². The lowest BCUT2D eigenvalue weighted by Gasteiger charge is -2.36. The molecule has 1 saturated heterocycles. The van der Waals surface area contributed by atoms with Crippen LogP contribution in [-0.4, -0.2) is 68.8 Å². The van der Waals surface area contributed by atoms with E-state index in [2.05, 4.69) is 44.4 Å². The third-order valence-corrected chi connectivity index (χ3v) is 7.49. The number of hydrogen-bond donors (Lipinski definition) is 0. The van der Waals surface area contributed by atoms with E-state index in [1.165, 1.54) is 15.8 Å². The molecule has 1 aliphatic heterocycles. The topological polar surface area (TPSA) is 73.4 Å². The van der Waals surface area contributed by atoms with E-state index in [0.29, 0.717) is 12.5 Å². The first-order valence-electron chi connectivity index (χ1n) is 13.1. The fourth-order valence-corrected chi connectivity index (χ4v) is 5.45. The van der Waals surface area contributed by atoms with Crippen molar-refractivity contribution in [2.75, 3.05) is 57.6 Å². The van der Waals surface area contributed by atoms with E-state index in [-0.39, 0.29) is 13.4 Å². The highest BCUT2D eigenvalue weighted by atomic mass is 32.1. The van der Waals surface area contributed by atoms with Crippen LogP contribution in [0.2, 0.25) is 0 Å². The molecule has 9 heteroatoms. The molecule has 0 saturated carbocycles. The number of ether oxygens (including phenoxy) is 4. The number of nitrogens with zero attached hydrogens (tertiary/aromatic N) is 3. The van der Waals surface area contributed by atoms with Crippen LogP contribution in [0.4, 0.5) is 10.5 Å². The van der Waals surface area contributed by atoms with Crippen molar-refractivity contribution in [1.29, 1.82) is 0 Å². The second-order valence-corrected chi connectivity index (χ2v) is 10.0. The molecule has 0 aliphatic carbocycles. The summed E-state index contributed by atoms with van der Waals surface area (Å²) in [5.41, 5.74) is 2.12. The van der Waals surface area contributed by atoms with E-state index in [9.17, 15) is 4.79 Å². The highest BCUT2D eigenvalue weighted by Gasteiger charge is 2.18. The van der Waals surface area contributed by atoms with Gasteiger partial charge < -0.3 is 23.8 Å². The number of unbranched alkanes of at least 4 members (excludes halogenated alkanes) is 1. The van der Waals surface area contributed by atoms with Crippen molar-refractivity contribution in [2.24, 2.45) is 0 Å². The van der Waals surface area contributed by atoms with Gasteiger partial charge >= 0.3 is 6.16 Å². The minimum absolute atomic E-state index is 0.251. The molecule has 0 amide bonds. The van der Waals surface area contributed by atoms with Crippen molar-refractivity contribution < 1.29 is 23.7 Å². The van der Waals surface area contributed by atoms with Crippen molar-refractivity contribution in [3.8, 4) is 11.6 Å². The lowest BCUT2D eigenvalue weighted by molar-refractivity contribution is 0.00544. The maximum Gasteiger partial charge on any atom is 0.511 e. The molecule has 4 aromatic rings. The molecule has 0 bridgehead atoms. The number of hydrogen-bond acceptors (Lipinski definition) is 9. The number of pyridine rings is 1. The van der Waals surface area contributed by atoms with Crippen LogP contribution in [0, 0.1) is 0 Å². The second kappa shape index (κ2) is 12.8. The van der Waals surface area contributed by atoms with Crippen molar-refractivity contribution in [3.63, 3.8) is 0 Å². The molecule has 5 rings (SSSR count). The summed E-state index contributed by atoms with van der Waals surface area (Å²) in [5, 5.41) is 4.53. The van der Waals surface area contributed by atoms with Gasteiger partial charge in [0.05, 0.1) is 18.7 Å². The van der Waals surface area contributed by atoms with Crippen LogP contribution in [0.15, 0.2) is 60.0 Å². The number of thiophene rings is 1. The molecular weight excluding hydrogens is 502 g/mol. The Hall–Kier alpha value is -3.56. The summed E-state index contributed by atoms with van der Waals surface area (Å²) < 4.78 is 22.3. The van der Waals surface area contributed by atoms with Gasteiger partial charge in [0, 0.05) is 59.5 Å². The van der Waals surface area contributed by atoms with Gasteiger partial charge in [-0.2, -0.15) is 0 Å². The number of aromatic nitrogens is 1. The Labute approximate surface area is 226 Å². The lowest BCUT2D eigenvalue weighted by atomic mass is 10.2.